The molecule has 3 aromatic rings. The molecule has 0 aliphatic heterocycles. The second-order valence-corrected chi connectivity index (χ2v) is 9.33. The molecule has 0 heterocycles. The van der Waals surface area contributed by atoms with Crippen LogP contribution in [0.4, 0.5) is 22.0 Å². The molecule has 0 amide bonds. The van der Waals surface area contributed by atoms with Crippen molar-refractivity contribution in [2.75, 3.05) is 13.2 Å². The van der Waals surface area contributed by atoms with Gasteiger partial charge in [-0.3, -0.25) is 0 Å². The summed E-state index contributed by atoms with van der Waals surface area (Å²) in [6.07, 6.45) is 5.35. The van der Waals surface area contributed by atoms with Gasteiger partial charge in [0, 0.05) is 11.1 Å². The molecule has 0 bridgehead atoms. The van der Waals surface area contributed by atoms with Crippen molar-refractivity contribution in [1.29, 1.82) is 0 Å². The van der Waals surface area contributed by atoms with Crippen LogP contribution in [-0.4, -0.2) is 13.2 Å². The highest BCUT2D eigenvalue weighted by Crippen LogP contribution is 2.35. The van der Waals surface area contributed by atoms with Crippen molar-refractivity contribution in [3.63, 3.8) is 0 Å². The van der Waals surface area contributed by atoms with E-state index in [1.807, 2.05) is 13.0 Å². The third-order valence-electron chi connectivity index (χ3n) is 6.66. The van der Waals surface area contributed by atoms with Gasteiger partial charge in [-0.1, -0.05) is 37.6 Å². The summed E-state index contributed by atoms with van der Waals surface area (Å²) in [4.78, 5) is 0. The molecule has 1 aliphatic rings. The predicted molar refractivity (Wildman–Crippen MR) is 134 cm³/mol. The van der Waals surface area contributed by atoms with Crippen LogP contribution in [0.15, 0.2) is 48.5 Å². The fraction of sp³-hybridized carbons (Fsp3) is 0.333. The largest absolute Gasteiger partial charge is 0.490 e. The number of hydrogen-bond acceptors (Lipinski definition) is 2. The third kappa shape index (κ3) is 5.97. The minimum Gasteiger partial charge on any atom is -0.490 e. The van der Waals surface area contributed by atoms with Crippen LogP contribution >= 0.6 is 0 Å². The van der Waals surface area contributed by atoms with Crippen molar-refractivity contribution in [3.05, 3.63) is 88.8 Å². The van der Waals surface area contributed by atoms with E-state index >= 15 is 4.39 Å². The number of allylic oxidation sites excluding steroid dienone is 2. The van der Waals surface area contributed by atoms with E-state index in [-0.39, 0.29) is 40.7 Å². The van der Waals surface area contributed by atoms with E-state index in [0.29, 0.717) is 31.4 Å². The van der Waals surface area contributed by atoms with Gasteiger partial charge in [-0.15, -0.1) is 0 Å². The van der Waals surface area contributed by atoms with Crippen LogP contribution in [0.2, 0.25) is 0 Å². The van der Waals surface area contributed by atoms with Gasteiger partial charge in [0.25, 0.3) is 0 Å². The van der Waals surface area contributed by atoms with Gasteiger partial charge in [-0.25, -0.2) is 13.2 Å². The molecule has 0 N–H and O–H groups in total. The summed E-state index contributed by atoms with van der Waals surface area (Å²) >= 11 is 0. The Morgan fingerprint density at radius 1 is 0.811 bits per heavy atom. The van der Waals surface area contributed by atoms with Gasteiger partial charge in [0.2, 0.25) is 11.6 Å². The average molecular weight is 517 g/mol. The lowest BCUT2D eigenvalue weighted by atomic mass is 9.86. The molecule has 4 rings (SSSR count). The first-order chi connectivity index (χ1) is 17.8. The summed E-state index contributed by atoms with van der Waals surface area (Å²) in [7, 11) is 0. The fourth-order valence-corrected chi connectivity index (χ4v) is 4.37. The highest BCUT2D eigenvalue weighted by Gasteiger charge is 2.21. The molecular weight excluding hydrogens is 487 g/mol. The Morgan fingerprint density at radius 3 is 2.22 bits per heavy atom. The zero-order valence-corrected chi connectivity index (χ0v) is 20.9. The maximum atomic E-state index is 15.0. The lowest BCUT2D eigenvalue weighted by Gasteiger charge is -2.23. The van der Waals surface area contributed by atoms with Gasteiger partial charge in [0.1, 0.15) is 5.82 Å². The number of rotatable bonds is 9. The van der Waals surface area contributed by atoms with E-state index in [4.69, 9.17) is 9.47 Å². The highest BCUT2D eigenvalue weighted by molar-refractivity contribution is 5.72. The van der Waals surface area contributed by atoms with Crippen molar-refractivity contribution in [2.24, 2.45) is 5.92 Å². The molecule has 7 heteroatoms. The molecule has 0 radical (unpaired) electrons. The molecule has 2 nitrogen and oxygen atoms in total. The van der Waals surface area contributed by atoms with Gasteiger partial charge < -0.3 is 9.47 Å². The number of ether oxygens (including phenoxy) is 2. The lowest BCUT2D eigenvalue weighted by molar-refractivity contribution is 0.228. The number of aryl methyl sites for hydroxylation is 1. The molecule has 0 saturated carbocycles. The van der Waals surface area contributed by atoms with Crippen LogP contribution in [0.5, 0.6) is 11.5 Å². The Kier molecular flexibility index (Phi) is 8.52. The van der Waals surface area contributed by atoms with Crippen molar-refractivity contribution in [2.45, 2.75) is 46.0 Å². The average Bonchev–Trinajstić information content (AvgIpc) is 2.90. The molecule has 3 aromatic carbocycles. The Labute approximate surface area is 213 Å². The van der Waals surface area contributed by atoms with Crippen molar-refractivity contribution >= 4 is 5.57 Å². The first kappa shape index (κ1) is 26.7. The van der Waals surface area contributed by atoms with Crippen LogP contribution in [0.1, 0.15) is 50.2 Å². The zero-order valence-electron chi connectivity index (χ0n) is 20.9. The van der Waals surface area contributed by atoms with Gasteiger partial charge >= 0.3 is 0 Å². The van der Waals surface area contributed by atoms with Gasteiger partial charge in [-0.2, -0.15) is 8.78 Å². The zero-order chi connectivity index (χ0) is 26.5. The van der Waals surface area contributed by atoms with E-state index in [1.54, 1.807) is 12.1 Å². The Hall–Kier alpha value is -3.35. The fourth-order valence-electron chi connectivity index (χ4n) is 4.37. The molecule has 1 aliphatic carbocycles. The van der Waals surface area contributed by atoms with Crippen LogP contribution in [0.25, 0.3) is 16.7 Å². The number of benzene rings is 3. The molecule has 37 heavy (non-hydrogen) atoms. The molecule has 0 aromatic heterocycles. The second-order valence-electron chi connectivity index (χ2n) is 9.33. The van der Waals surface area contributed by atoms with Crippen LogP contribution in [0, 0.1) is 41.9 Å². The molecular formula is C30H29F5O2. The Balaban J connectivity index is 1.42. The van der Waals surface area contributed by atoms with Gasteiger partial charge in [0.15, 0.2) is 23.1 Å². The minimum atomic E-state index is -1.09. The van der Waals surface area contributed by atoms with Crippen molar-refractivity contribution in [1.82, 2.24) is 0 Å². The van der Waals surface area contributed by atoms with Crippen LogP contribution in [0.3, 0.4) is 0 Å². The van der Waals surface area contributed by atoms with E-state index in [2.05, 4.69) is 0 Å². The maximum absolute atomic E-state index is 15.0. The van der Waals surface area contributed by atoms with E-state index in [0.717, 1.165) is 18.4 Å². The Bertz CT molecular complexity index is 1300. The quantitative estimate of drug-likeness (QED) is 0.209. The van der Waals surface area contributed by atoms with Gasteiger partial charge in [-0.05, 0) is 79.5 Å². The molecule has 0 fully saturated rings. The normalized spacial score (nSPS) is 15.4. The summed E-state index contributed by atoms with van der Waals surface area (Å²) in [5.74, 6) is -4.81. The first-order valence-electron chi connectivity index (χ1n) is 12.5. The molecule has 0 spiro atoms. The number of hydrogen-bond donors (Lipinski definition) is 0. The molecule has 196 valence electrons. The van der Waals surface area contributed by atoms with Gasteiger partial charge in [0.05, 0.1) is 13.2 Å². The van der Waals surface area contributed by atoms with Crippen LogP contribution < -0.4 is 9.47 Å². The number of halogens is 5. The number of unbranched alkanes of at least 4 members (excludes halogenated alkanes) is 1. The summed E-state index contributed by atoms with van der Waals surface area (Å²) in [5, 5.41) is 0. The minimum absolute atomic E-state index is 0.0413. The topological polar surface area (TPSA) is 18.5 Å². The van der Waals surface area contributed by atoms with E-state index in [9.17, 15) is 17.6 Å². The monoisotopic (exact) mass is 516 g/mol. The summed E-state index contributed by atoms with van der Waals surface area (Å²) in [6.45, 7) is 3.96. The van der Waals surface area contributed by atoms with Crippen LogP contribution in [-0.2, 0) is 0 Å². The molecule has 0 saturated heterocycles. The van der Waals surface area contributed by atoms with Crippen molar-refractivity contribution in [3.8, 4) is 22.6 Å². The highest BCUT2D eigenvalue weighted by atomic mass is 19.2. The summed E-state index contributed by atoms with van der Waals surface area (Å²) in [5.41, 5.74) is 1.60. The Morgan fingerprint density at radius 2 is 1.51 bits per heavy atom. The smallest absolute Gasteiger partial charge is 0.201 e. The van der Waals surface area contributed by atoms with E-state index < -0.39 is 29.1 Å². The SMILES string of the molecule is CCCCOc1ccc(-c2ccc(C3=CCC(COc4ccc(C)c(F)c4F)CC3)c(F)c2)c(F)c1F. The predicted octanol–water partition coefficient (Wildman–Crippen LogP) is 8.80. The first-order valence-corrected chi connectivity index (χ1v) is 12.5. The van der Waals surface area contributed by atoms with E-state index in [1.165, 1.54) is 37.3 Å². The lowest BCUT2D eigenvalue weighted by Crippen LogP contribution is -2.15. The standard InChI is InChI=1S/C30H29F5O2/c1-3-4-15-36-25-14-12-23(28(33)30(25)35)21-10-11-22(24(31)16-21)20-8-6-19(7-9-20)17-37-26-13-5-18(2)27(32)29(26)34/h5,8,10-14,16,19H,3-4,6-7,9,15,17H2,1-2H3. The third-order valence-corrected chi connectivity index (χ3v) is 6.66. The molecule has 1 atom stereocenters. The van der Waals surface area contributed by atoms with Crippen molar-refractivity contribution < 1.29 is 31.4 Å². The maximum Gasteiger partial charge on any atom is 0.201 e. The second kappa shape index (κ2) is 11.8. The molecule has 1 unspecified atom stereocenters. The summed E-state index contributed by atoms with van der Waals surface area (Å²) in [6, 6.07) is 9.97. The summed E-state index contributed by atoms with van der Waals surface area (Å²) < 4.78 is 82.8.